The molecule has 0 aliphatic rings. The van der Waals surface area contributed by atoms with Crippen molar-refractivity contribution in [2.45, 2.75) is 406 Å². The first kappa shape index (κ1) is 98.8. The number of aliphatic hydroxyl groups is 1. The molecule has 596 valence electrons. The van der Waals surface area contributed by atoms with Crippen molar-refractivity contribution in [2.24, 2.45) is 0 Å². The van der Waals surface area contributed by atoms with E-state index in [1.54, 1.807) is 0 Å². The summed E-state index contributed by atoms with van der Waals surface area (Å²) in [6.45, 7) is 4.86. The van der Waals surface area contributed by atoms with E-state index >= 15 is 0 Å². The van der Waals surface area contributed by atoms with Crippen LogP contribution < -0.4 is 0 Å². The van der Waals surface area contributed by atoms with E-state index in [0.29, 0.717) is 32.1 Å². The fourth-order valence-corrected chi connectivity index (χ4v) is 13.2. The Labute approximate surface area is 622 Å². The van der Waals surface area contributed by atoms with Gasteiger partial charge in [-0.25, -0.2) is 9.13 Å². The zero-order valence-electron chi connectivity index (χ0n) is 65.3. The minimum atomic E-state index is -4.98. The number of carbonyl (C=O) groups is 4. The monoisotopic (exact) mass is 1480 g/mol. The van der Waals surface area contributed by atoms with E-state index in [9.17, 15) is 43.2 Å². The maximum atomic E-state index is 13.1. The second kappa shape index (κ2) is 76.0. The molecule has 0 amide bonds. The first-order valence-corrected chi connectivity index (χ1v) is 44.5. The van der Waals surface area contributed by atoms with Crippen molar-refractivity contribution in [3.63, 3.8) is 0 Å². The Hall–Kier alpha value is -3.24. The van der Waals surface area contributed by atoms with Gasteiger partial charge in [0.05, 0.1) is 26.4 Å². The maximum absolute atomic E-state index is 13.1. The Bertz CT molecular complexity index is 2170. The number of carbonyl (C=O) groups excluding carboxylic acids is 4. The summed E-state index contributed by atoms with van der Waals surface area (Å²) in [7, 11) is -9.96. The standard InChI is InChI=1S/C83H152O17P2/c1-5-9-13-17-21-25-29-33-37-38-42-46-50-54-58-62-66-70-83(88)100-79(74-94-81(86)68-64-60-56-52-48-44-40-35-31-27-23-19-15-11-7-3)76-98-102(91,92)96-72-77(84)71-95-101(89,90)97-75-78(99-82(87)69-65-61-57-53-49-45-41-36-32-28-24-20-16-12-8-4)73-93-80(85)67-63-59-55-51-47-43-39-34-30-26-22-18-14-10-6-2/h21,25,28,32-33,37,42,46,54,58,77-79,84H,5-20,22-24,26-27,29-31,34-36,38-41,43-45,47-53,55-57,59-76H2,1-4H3,(H,89,90)(H,91,92)/b25-21-,32-28-,37-33-,46-42-,58-54-/t77-,78+,79+/m0/s1. The predicted octanol–water partition coefficient (Wildman–Crippen LogP) is 24.2. The number of esters is 4. The second-order valence-corrected chi connectivity index (χ2v) is 31.0. The van der Waals surface area contributed by atoms with Gasteiger partial charge in [-0.05, 0) is 89.9 Å². The molecule has 0 aliphatic carbocycles. The molecule has 102 heavy (non-hydrogen) atoms. The lowest BCUT2D eigenvalue weighted by Gasteiger charge is -2.21. The minimum absolute atomic E-state index is 0.0245. The summed E-state index contributed by atoms with van der Waals surface area (Å²) in [5, 5.41) is 10.6. The van der Waals surface area contributed by atoms with E-state index < -0.39 is 97.5 Å². The molecule has 2 unspecified atom stereocenters. The molecule has 0 saturated heterocycles. The van der Waals surface area contributed by atoms with Gasteiger partial charge in [0.1, 0.15) is 19.3 Å². The number of unbranched alkanes of at least 4 members (excludes halogenated alkanes) is 43. The molecule has 0 spiro atoms. The van der Waals surface area contributed by atoms with E-state index in [-0.39, 0.29) is 25.7 Å². The number of ether oxygens (including phenoxy) is 4. The van der Waals surface area contributed by atoms with Gasteiger partial charge in [-0.15, -0.1) is 0 Å². The van der Waals surface area contributed by atoms with Crippen molar-refractivity contribution in [1.29, 1.82) is 0 Å². The van der Waals surface area contributed by atoms with Crippen LogP contribution in [0.25, 0.3) is 0 Å². The molecule has 0 aromatic rings. The third-order valence-electron chi connectivity index (χ3n) is 18.0. The fraction of sp³-hybridized carbons (Fsp3) is 0.831. The van der Waals surface area contributed by atoms with E-state index in [1.807, 2.05) is 12.2 Å². The van der Waals surface area contributed by atoms with Gasteiger partial charge >= 0.3 is 39.5 Å². The van der Waals surface area contributed by atoms with Gasteiger partial charge in [0.2, 0.25) is 0 Å². The molecular weight excluding hydrogens is 1330 g/mol. The summed E-state index contributed by atoms with van der Waals surface area (Å²) >= 11 is 0. The van der Waals surface area contributed by atoms with Crippen LogP contribution in [0.4, 0.5) is 0 Å². The number of allylic oxidation sites excluding steroid dienone is 10. The topological polar surface area (TPSA) is 237 Å². The highest BCUT2D eigenvalue weighted by molar-refractivity contribution is 7.47. The Kier molecular flexibility index (Phi) is 73.6. The Morgan fingerprint density at radius 1 is 0.275 bits per heavy atom. The van der Waals surface area contributed by atoms with E-state index in [1.165, 1.54) is 186 Å². The van der Waals surface area contributed by atoms with Gasteiger partial charge in [0.25, 0.3) is 0 Å². The quantitative estimate of drug-likeness (QED) is 0.0169. The number of aliphatic hydroxyl groups excluding tert-OH is 1. The van der Waals surface area contributed by atoms with E-state index in [4.69, 9.17) is 37.0 Å². The van der Waals surface area contributed by atoms with Crippen molar-refractivity contribution in [2.75, 3.05) is 39.6 Å². The zero-order chi connectivity index (χ0) is 74.6. The molecule has 0 bridgehead atoms. The Morgan fingerprint density at radius 3 is 0.814 bits per heavy atom. The third kappa shape index (κ3) is 75.0. The molecule has 0 rings (SSSR count). The SMILES string of the molecule is CCCCC/C=C\C/C=C\C/C=C\C/C=C\CCCC(=O)O[C@H](COC(=O)CCCCCCCCCCCCCCCCC)COP(=O)(O)OC[C@@H](O)COP(=O)(O)OC[C@@H](COC(=O)CCCCCCCCCCCCCCCCC)OC(=O)CCCCCCCCC/C=C\CCCCCC. The molecular formula is C83H152O17P2. The predicted molar refractivity (Wildman–Crippen MR) is 418 cm³/mol. The summed E-state index contributed by atoms with van der Waals surface area (Å²) < 4.78 is 68.7. The average Bonchev–Trinajstić information content (AvgIpc) is 0.917. The number of hydrogen-bond donors (Lipinski definition) is 3. The smallest absolute Gasteiger partial charge is 0.462 e. The lowest BCUT2D eigenvalue weighted by atomic mass is 10.0. The van der Waals surface area contributed by atoms with Crippen LogP contribution >= 0.6 is 15.6 Å². The Morgan fingerprint density at radius 2 is 0.490 bits per heavy atom. The van der Waals surface area contributed by atoms with Crippen LogP contribution in [0.5, 0.6) is 0 Å². The summed E-state index contributed by atoms with van der Waals surface area (Å²) in [5.74, 6) is -2.20. The average molecular weight is 1480 g/mol. The van der Waals surface area contributed by atoms with Crippen LogP contribution in [0.2, 0.25) is 0 Å². The minimum Gasteiger partial charge on any atom is -0.462 e. The van der Waals surface area contributed by atoms with Gasteiger partial charge in [0.15, 0.2) is 12.2 Å². The molecule has 0 fully saturated rings. The van der Waals surface area contributed by atoms with Crippen LogP contribution in [-0.2, 0) is 65.4 Å². The van der Waals surface area contributed by atoms with Crippen LogP contribution in [0, 0.1) is 0 Å². The molecule has 19 heteroatoms. The lowest BCUT2D eigenvalue weighted by molar-refractivity contribution is -0.161. The van der Waals surface area contributed by atoms with Gasteiger partial charge in [-0.1, -0.05) is 332 Å². The summed E-state index contributed by atoms with van der Waals surface area (Å²) in [5.41, 5.74) is 0. The van der Waals surface area contributed by atoms with Gasteiger partial charge in [0, 0.05) is 25.7 Å². The molecule has 5 atom stereocenters. The second-order valence-electron chi connectivity index (χ2n) is 28.1. The van der Waals surface area contributed by atoms with Crippen molar-refractivity contribution in [3.8, 4) is 0 Å². The third-order valence-corrected chi connectivity index (χ3v) is 19.9. The van der Waals surface area contributed by atoms with Gasteiger partial charge < -0.3 is 33.8 Å². The number of phosphoric acid groups is 2. The van der Waals surface area contributed by atoms with Gasteiger partial charge in [-0.2, -0.15) is 0 Å². The van der Waals surface area contributed by atoms with Crippen LogP contribution in [-0.4, -0.2) is 96.7 Å². The molecule has 3 N–H and O–H groups in total. The summed E-state index contributed by atoms with van der Waals surface area (Å²) in [4.78, 5) is 73.1. The molecule has 0 aliphatic heterocycles. The molecule has 17 nitrogen and oxygen atoms in total. The largest absolute Gasteiger partial charge is 0.472 e. The van der Waals surface area contributed by atoms with Crippen molar-refractivity contribution >= 4 is 39.5 Å². The highest BCUT2D eigenvalue weighted by Gasteiger charge is 2.30. The first-order valence-electron chi connectivity index (χ1n) is 41.5. The molecule has 0 aromatic heterocycles. The Balaban J connectivity index is 5.37. The summed E-state index contributed by atoms with van der Waals surface area (Å²) in [6.07, 6.45) is 76.2. The highest BCUT2D eigenvalue weighted by atomic mass is 31.2. The lowest BCUT2D eigenvalue weighted by Crippen LogP contribution is -2.30. The zero-order valence-corrected chi connectivity index (χ0v) is 67.1. The fourth-order valence-electron chi connectivity index (χ4n) is 11.6. The first-order chi connectivity index (χ1) is 49.7. The molecule has 0 aromatic carbocycles. The number of hydrogen-bond acceptors (Lipinski definition) is 15. The number of rotatable bonds is 79. The van der Waals surface area contributed by atoms with Gasteiger partial charge in [-0.3, -0.25) is 37.3 Å². The molecule has 0 radical (unpaired) electrons. The van der Waals surface area contributed by atoms with Crippen LogP contribution in [0.15, 0.2) is 60.8 Å². The normalized spacial score (nSPS) is 14.1. The van der Waals surface area contributed by atoms with Crippen molar-refractivity contribution < 1.29 is 80.2 Å². The molecule has 0 saturated carbocycles. The maximum Gasteiger partial charge on any atom is 0.472 e. The van der Waals surface area contributed by atoms with Crippen molar-refractivity contribution in [3.05, 3.63) is 60.8 Å². The van der Waals surface area contributed by atoms with Crippen LogP contribution in [0.3, 0.4) is 0 Å². The van der Waals surface area contributed by atoms with E-state index in [2.05, 4.69) is 76.3 Å². The van der Waals surface area contributed by atoms with E-state index in [0.717, 1.165) is 116 Å². The van der Waals surface area contributed by atoms with Crippen LogP contribution in [0.1, 0.15) is 387 Å². The summed E-state index contributed by atoms with van der Waals surface area (Å²) in [6, 6.07) is 0. The number of phosphoric ester groups is 2. The molecule has 0 heterocycles. The highest BCUT2D eigenvalue weighted by Crippen LogP contribution is 2.45. The van der Waals surface area contributed by atoms with Crippen molar-refractivity contribution in [1.82, 2.24) is 0 Å².